The van der Waals surface area contributed by atoms with Crippen molar-refractivity contribution in [3.63, 3.8) is 0 Å². The van der Waals surface area contributed by atoms with Gasteiger partial charge in [0.2, 0.25) is 5.91 Å². The molecule has 0 aromatic heterocycles. The zero-order valence-corrected chi connectivity index (χ0v) is 12.3. The summed E-state index contributed by atoms with van der Waals surface area (Å²) in [5.41, 5.74) is 5.94. The maximum atomic E-state index is 12.0. The van der Waals surface area contributed by atoms with E-state index in [2.05, 4.69) is 17.1 Å². The van der Waals surface area contributed by atoms with E-state index in [9.17, 15) is 4.79 Å². The fourth-order valence-electron chi connectivity index (χ4n) is 3.30. The molecule has 1 aliphatic carbocycles. The van der Waals surface area contributed by atoms with Gasteiger partial charge in [0.25, 0.3) is 0 Å². The number of hydrogen-bond acceptors (Lipinski definition) is 3. The van der Waals surface area contributed by atoms with Crippen molar-refractivity contribution in [2.24, 2.45) is 17.1 Å². The number of rotatable bonds is 6. The largest absolute Gasteiger partial charge is 0.356 e. The Kier molecular flexibility index (Phi) is 5.22. The molecule has 0 atom stereocenters. The molecule has 1 saturated heterocycles. The van der Waals surface area contributed by atoms with E-state index in [1.54, 1.807) is 0 Å². The van der Waals surface area contributed by atoms with Crippen molar-refractivity contribution in [3.8, 4) is 0 Å². The average molecular weight is 267 g/mol. The Bertz CT molecular complexity index is 288. The first kappa shape index (κ1) is 14.8. The Morgan fingerprint density at radius 3 is 2.53 bits per heavy atom. The van der Waals surface area contributed by atoms with Gasteiger partial charge in [-0.15, -0.1) is 0 Å². The Hall–Kier alpha value is -0.610. The van der Waals surface area contributed by atoms with Crippen molar-refractivity contribution >= 4 is 5.91 Å². The molecule has 4 heteroatoms. The smallest absolute Gasteiger partial charge is 0.220 e. The van der Waals surface area contributed by atoms with Gasteiger partial charge in [0.1, 0.15) is 0 Å². The van der Waals surface area contributed by atoms with Crippen molar-refractivity contribution in [1.29, 1.82) is 0 Å². The molecule has 1 aliphatic heterocycles. The van der Waals surface area contributed by atoms with Crippen molar-refractivity contribution in [3.05, 3.63) is 0 Å². The highest BCUT2D eigenvalue weighted by Gasteiger charge is 2.37. The molecule has 110 valence electrons. The maximum Gasteiger partial charge on any atom is 0.220 e. The summed E-state index contributed by atoms with van der Waals surface area (Å²) in [7, 11) is 0. The topological polar surface area (TPSA) is 58.4 Å². The molecule has 0 aromatic carbocycles. The summed E-state index contributed by atoms with van der Waals surface area (Å²) < 4.78 is 0. The highest BCUT2D eigenvalue weighted by atomic mass is 16.1. The third-order valence-electron chi connectivity index (χ3n) is 5.13. The summed E-state index contributed by atoms with van der Waals surface area (Å²) in [6.07, 6.45) is 6.57. The number of nitrogens with one attached hydrogen (secondary N) is 1. The number of piperidine rings is 1. The van der Waals surface area contributed by atoms with Crippen LogP contribution < -0.4 is 11.1 Å². The van der Waals surface area contributed by atoms with Gasteiger partial charge in [-0.3, -0.25) is 4.79 Å². The van der Waals surface area contributed by atoms with Gasteiger partial charge in [0.05, 0.1) is 0 Å². The lowest BCUT2D eigenvalue weighted by Gasteiger charge is -2.40. The molecule has 0 unspecified atom stereocenters. The van der Waals surface area contributed by atoms with Crippen LogP contribution in [0.25, 0.3) is 0 Å². The minimum absolute atomic E-state index is 0.135. The molecule has 4 nitrogen and oxygen atoms in total. The first-order valence-corrected chi connectivity index (χ1v) is 7.86. The Morgan fingerprint density at radius 1 is 1.37 bits per heavy atom. The monoisotopic (exact) mass is 267 g/mol. The highest BCUT2D eigenvalue weighted by molar-refractivity contribution is 5.76. The van der Waals surface area contributed by atoms with Crippen LogP contribution in [0.4, 0.5) is 0 Å². The third-order valence-corrected chi connectivity index (χ3v) is 5.13. The third kappa shape index (κ3) is 3.93. The summed E-state index contributed by atoms with van der Waals surface area (Å²) in [5, 5.41) is 3.13. The molecule has 2 aliphatic rings. The lowest BCUT2D eigenvalue weighted by atomic mass is 9.66. The molecule has 1 saturated carbocycles. The van der Waals surface area contributed by atoms with Crippen molar-refractivity contribution in [2.45, 2.75) is 45.4 Å². The van der Waals surface area contributed by atoms with Crippen molar-refractivity contribution in [1.82, 2.24) is 10.2 Å². The second kappa shape index (κ2) is 6.71. The minimum atomic E-state index is 0.135. The molecular formula is C15H29N3O. The molecule has 2 rings (SSSR count). The molecule has 0 radical (unpaired) electrons. The van der Waals surface area contributed by atoms with Gasteiger partial charge in [-0.05, 0) is 63.2 Å². The van der Waals surface area contributed by atoms with Crippen LogP contribution >= 0.6 is 0 Å². The molecule has 0 spiro atoms. The fraction of sp³-hybridized carbons (Fsp3) is 0.933. The van der Waals surface area contributed by atoms with Gasteiger partial charge in [-0.1, -0.05) is 13.3 Å². The van der Waals surface area contributed by atoms with E-state index in [-0.39, 0.29) is 11.3 Å². The molecular weight excluding hydrogens is 238 g/mol. The number of nitrogens with two attached hydrogens (primary N) is 1. The van der Waals surface area contributed by atoms with Crippen LogP contribution in [0.15, 0.2) is 0 Å². The minimum Gasteiger partial charge on any atom is -0.356 e. The number of nitrogens with zero attached hydrogens (tertiary/aromatic N) is 1. The van der Waals surface area contributed by atoms with Crippen LogP contribution in [0.3, 0.4) is 0 Å². The summed E-state index contributed by atoms with van der Waals surface area (Å²) in [5.74, 6) is 0.880. The number of amides is 1. The van der Waals surface area contributed by atoms with Gasteiger partial charge in [0.15, 0.2) is 0 Å². The lowest BCUT2D eigenvalue weighted by molar-refractivity contribution is -0.125. The van der Waals surface area contributed by atoms with E-state index in [0.717, 1.165) is 25.9 Å². The van der Waals surface area contributed by atoms with Gasteiger partial charge < -0.3 is 16.0 Å². The van der Waals surface area contributed by atoms with E-state index in [4.69, 9.17) is 5.73 Å². The number of carbonyl (C=O) groups is 1. The van der Waals surface area contributed by atoms with Crippen LogP contribution in [0.1, 0.15) is 45.4 Å². The molecule has 19 heavy (non-hydrogen) atoms. The van der Waals surface area contributed by atoms with Gasteiger partial charge in [-0.2, -0.15) is 0 Å². The summed E-state index contributed by atoms with van der Waals surface area (Å²) in [6.45, 7) is 7.25. The highest BCUT2D eigenvalue weighted by Crippen LogP contribution is 2.42. The summed E-state index contributed by atoms with van der Waals surface area (Å²) in [6, 6.07) is 0. The molecule has 2 fully saturated rings. The Balaban J connectivity index is 1.64. The Labute approximate surface area is 117 Å². The number of likely N-dealkylation sites (tertiary alicyclic amines) is 1. The van der Waals surface area contributed by atoms with Crippen LogP contribution in [-0.2, 0) is 4.79 Å². The number of hydrogen-bond donors (Lipinski definition) is 2. The summed E-state index contributed by atoms with van der Waals surface area (Å²) >= 11 is 0. The first-order valence-electron chi connectivity index (χ1n) is 7.86. The maximum absolute atomic E-state index is 12.0. The zero-order chi connectivity index (χ0) is 13.7. The zero-order valence-electron chi connectivity index (χ0n) is 12.3. The predicted molar refractivity (Wildman–Crippen MR) is 77.8 cm³/mol. The molecule has 1 heterocycles. The van der Waals surface area contributed by atoms with Crippen molar-refractivity contribution < 1.29 is 4.79 Å². The Morgan fingerprint density at radius 2 is 2.05 bits per heavy atom. The van der Waals surface area contributed by atoms with Gasteiger partial charge in [0, 0.05) is 13.0 Å². The molecule has 1 amide bonds. The average Bonchev–Trinajstić information content (AvgIpc) is 2.41. The van der Waals surface area contributed by atoms with E-state index in [0.29, 0.717) is 18.9 Å². The molecule has 3 N–H and O–H groups in total. The van der Waals surface area contributed by atoms with Crippen LogP contribution in [0, 0.1) is 11.3 Å². The van der Waals surface area contributed by atoms with E-state index >= 15 is 0 Å². The van der Waals surface area contributed by atoms with Crippen LogP contribution in [0.5, 0.6) is 0 Å². The van der Waals surface area contributed by atoms with E-state index in [1.807, 2.05) is 0 Å². The van der Waals surface area contributed by atoms with Crippen LogP contribution in [0.2, 0.25) is 0 Å². The van der Waals surface area contributed by atoms with E-state index < -0.39 is 0 Å². The summed E-state index contributed by atoms with van der Waals surface area (Å²) in [4.78, 5) is 14.5. The van der Waals surface area contributed by atoms with Gasteiger partial charge >= 0.3 is 0 Å². The predicted octanol–water partition coefficient (Wildman–Crippen LogP) is 1.35. The second-order valence-corrected chi connectivity index (χ2v) is 6.42. The van der Waals surface area contributed by atoms with Gasteiger partial charge in [-0.25, -0.2) is 0 Å². The lowest BCUT2D eigenvalue weighted by Crippen LogP contribution is -2.43. The molecule has 0 aromatic rings. The second-order valence-electron chi connectivity index (χ2n) is 6.42. The molecule has 0 bridgehead atoms. The van der Waals surface area contributed by atoms with Crippen LogP contribution in [-0.4, -0.2) is 43.5 Å². The SMILES string of the molecule is CCN1CCC(CNC(=O)CC2(CN)CCC2)CC1. The standard InChI is InChI=1S/C15H29N3O/c1-2-18-8-4-13(5-9-18)11-17-14(19)10-15(12-16)6-3-7-15/h13H,2-12,16H2,1H3,(H,17,19). The number of carbonyl (C=O) groups excluding carboxylic acids is 1. The quantitative estimate of drug-likeness (QED) is 0.764. The fourth-order valence-corrected chi connectivity index (χ4v) is 3.30. The van der Waals surface area contributed by atoms with E-state index in [1.165, 1.54) is 32.4 Å². The normalized spacial score (nSPS) is 23.9. The van der Waals surface area contributed by atoms with Crippen molar-refractivity contribution in [2.75, 3.05) is 32.7 Å². The first-order chi connectivity index (χ1) is 9.17.